The lowest BCUT2D eigenvalue weighted by Crippen LogP contribution is -2.65. The van der Waals surface area contributed by atoms with Crippen molar-refractivity contribution in [1.82, 2.24) is 5.32 Å². The van der Waals surface area contributed by atoms with Crippen LogP contribution in [-0.4, -0.2) is 54.9 Å². The van der Waals surface area contributed by atoms with Gasteiger partial charge in [-0.3, -0.25) is 4.79 Å². The van der Waals surface area contributed by atoms with Gasteiger partial charge in [-0.05, 0) is 11.1 Å². The number of aliphatic hydroxyl groups excluding tert-OH is 1. The summed E-state index contributed by atoms with van der Waals surface area (Å²) in [6.45, 7) is 2.10. The first-order valence-electron chi connectivity index (χ1n) is 10.5. The zero-order valence-electron chi connectivity index (χ0n) is 18.1. The highest BCUT2D eigenvalue weighted by atomic mass is 16.7. The minimum absolute atomic E-state index is 0.0270. The lowest BCUT2D eigenvalue weighted by Gasteiger charge is -2.44. The van der Waals surface area contributed by atoms with Crippen LogP contribution in [0.5, 0.6) is 0 Å². The van der Waals surface area contributed by atoms with E-state index in [4.69, 9.17) is 25.4 Å². The minimum Gasteiger partial charge on any atom is -0.388 e. The fourth-order valence-corrected chi connectivity index (χ4v) is 3.55. The molecule has 0 aromatic heterocycles. The summed E-state index contributed by atoms with van der Waals surface area (Å²) in [6, 6.07) is 18.6. The maximum absolute atomic E-state index is 11.8. The van der Waals surface area contributed by atoms with Crippen molar-refractivity contribution in [3.8, 4) is 12.3 Å². The highest BCUT2D eigenvalue weighted by molar-refractivity contribution is 5.73. The number of hydrogen-bond acceptors (Lipinski definition) is 6. The molecule has 32 heavy (non-hydrogen) atoms. The van der Waals surface area contributed by atoms with Crippen molar-refractivity contribution in [2.45, 2.75) is 50.8 Å². The molecule has 0 bridgehead atoms. The van der Waals surface area contributed by atoms with E-state index in [0.29, 0.717) is 6.61 Å². The number of carbonyl (C=O) groups excluding carboxylic acids is 1. The number of ether oxygens (including phenoxy) is 4. The Morgan fingerprint density at radius 2 is 1.69 bits per heavy atom. The average Bonchev–Trinajstić information content (AvgIpc) is 2.80. The molecular weight excluding hydrogens is 410 g/mol. The molecule has 0 aliphatic carbocycles. The van der Waals surface area contributed by atoms with Gasteiger partial charge in [-0.25, -0.2) is 0 Å². The number of benzene rings is 2. The summed E-state index contributed by atoms with van der Waals surface area (Å²) in [7, 11) is 0. The van der Waals surface area contributed by atoms with E-state index in [9.17, 15) is 9.90 Å². The molecule has 1 amide bonds. The third-order valence-electron chi connectivity index (χ3n) is 5.05. The lowest BCUT2D eigenvalue weighted by molar-refractivity contribution is -0.281. The molecule has 0 unspecified atom stereocenters. The molecule has 1 heterocycles. The Morgan fingerprint density at radius 3 is 2.28 bits per heavy atom. The molecule has 7 nitrogen and oxygen atoms in total. The second-order valence-corrected chi connectivity index (χ2v) is 7.54. The van der Waals surface area contributed by atoms with Crippen molar-refractivity contribution in [3.63, 3.8) is 0 Å². The Hall–Kier alpha value is -2.73. The highest BCUT2D eigenvalue weighted by Gasteiger charge is 2.47. The van der Waals surface area contributed by atoms with E-state index in [1.807, 2.05) is 60.7 Å². The summed E-state index contributed by atoms with van der Waals surface area (Å²) in [5, 5.41) is 13.7. The van der Waals surface area contributed by atoms with Crippen LogP contribution in [0, 0.1) is 12.3 Å². The van der Waals surface area contributed by atoms with Crippen molar-refractivity contribution in [2.24, 2.45) is 0 Å². The lowest BCUT2D eigenvalue weighted by atomic mass is 9.96. The topological polar surface area (TPSA) is 86.2 Å². The predicted octanol–water partition coefficient (Wildman–Crippen LogP) is 2.03. The van der Waals surface area contributed by atoms with Gasteiger partial charge in [0.15, 0.2) is 6.29 Å². The van der Waals surface area contributed by atoms with Crippen LogP contribution in [-0.2, 0) is 37.0 Å². The number of hydrogen-bond donors (Lipinski definition) is 2. The van der Waals surface area contributed by atoms with Gasteiger partial charge in [0.25, 0.3) is 0 Å². The van der Waals surface area contributed by atoms with Gasteiger partial charge in [-0.1, -0.05) is 66.6 Å². The molecule has 170 valence electrons. The van der Waals surface area contributed by atoms with Crippen molar-refractivity contribution >= 4 is 5.91 Å². The second-order valence-electron chi connectivity index (χ2n) is 7.54. The summed E-state index contributed by atoms with van der Waals surface area (Å²) >= 11 is 0. The fraction of sp³-hybridized carbons (Fsp3) is 0.400. The number of carbonyl (C=O) groups is 1. The van der Waals surface area contributed by atoms with Crippen LogP contribution in [0.1, 0.15) is 18.1 Å². The van der Waals surface area contributed by atoms with Crippen LogP contribution in [0.15, 0.2) is 60.7 Å². The molecule has 1 saturated heterocycles. The molecule has 2 aromatic rings. The maximum atomic E-state index is 11.8. The standard InChI is InChI=1S/C25H29NO6/c1-3-14-30-24-22(26-18(2)27)25(31-16-20-12-8-5-9-13-20)32-21(23(24)28)17-29-15-19-10-6-4-7-11-19/h1,4-13,21-25,28H,14-17H2,2H3,(H,26,27)/t21-,22-,23-,24-,25-/m1/s1. The fourth-order valence-electron chi connectivity index (χ4n) is 3.55. The van der Waals surface area contributed by atoms with Crippen LogP contribution >= 0.6 is 0 Å². The van der Waals surface area contributed by atoms with Gasteiger partial charge >= 0.3 is 0 Å². The molecule has 3 rings (SSSR count). The molecular formula is C25H29NO6. The van der Waals surface area contributed by atoms with Gasteiger partial charge in [-0.2, -0.15) is 0 Å². The molecule has 0 spiro atoms. The normalized spacial score (nSPS) is 25.1. The highest BCUT2D eigenvalue weighted by Crippen LogP contribution is 2.26. The Labute approximate surface area is 188 Å². The van der Waals surface area contributed by atoms with Crippen molar-refractivity contribution in [2.75, 3.05) is 13.2 Å². The molecule has 0 saturated carbocycles. The van der Waals surface area contributed by atoms with E-state index in [1.54, 1.807) is 0 Å². The Bertz CT molecular complexity index is 869. The van der Waals surface area contributed by atoms with Crippen molar-refractivity contribution in [3.05, 3.63) is 71.8 Å². The average molecular weight is 440 g/mol. The SMILES string of the molecule is C#CCO[C@H]1[C@H](O)[C@@H](COCc2ccccc2)O[C@@H](OCc2ccccc2)[C@@H]1NC(C)=O. The van der Waals surface area contributed by atoms with E-state index in [1.165, 1.54) is 6.92 Å². The quantitative estimate of drug-likeness (QED) is 0.551. The summed E-state index contributed by atoms with van der Waals surface area (Å²) < 4.78 is 23.5. The van der Waals surface area contributed by atoms with Crippen LogP contribution in [0.25, 0.3) is 0 Å². The molecule has 7 heteroatoms. The summed E-state index contributed by atoms with van der Waals surface area (Å²) in [5.74, 6) is 2.10. The zero-order valence-corrected chi connectivity index (χ0v) is 18.1. The maximum Gasteiger partial charge on any atom is 0.217 e. The van der Waals surface area contributed by atoms with Gasteiger partial charge in [0.05, 0.1) is 19.8 Å². The number of nitrogens with one attached hydrogen (secondary N) is 1. The van der Waals surface area contributed by atoms with Crippen LogP contribution in [0.3, 0.4) is 0 Å². The second kappa shape index (κ2) is 12.3. The first-order valence-corrected chi connectivity index (χ1v) is 10.5. The van der Waals surface area contributed by atoms with Gasteiger partial charge in [0.1, 0.15) is 31.0 Å². The Kier molecular flexibility index (Phi) is 9.23. The van der Waals surface area contributed by atoms with E-state index in [0.717, 1.165) is 11.1 Å². The predicted molar refractivity (Wildman–Crippen MR) is 118 cm³/mol. The third kappa shape index (κ3) is 6.89. The van der Waals surface area contributed by atoms with E-state index in [2.05, 4.69) is 11.2 Å². The molecule has 1 aliphatic heterocycles. The molecule has 5 atom stereocenters. The number of amides is 1. The van der Waals surface area contributed by atoms with Crippen LogP contribution < -0.4 is 5.32 Å². The van der Waals surface area contributed by atoms with Gasteiger partial charge in [0, 0.05) is 6.92 Å². The van der Waals surface area contributed by atoms with E-state index < -0.39 is 30.6 Å². The summed E-state index contributed by atoms with van der Waals surface area (Å²) in [5.41, 5.74) is 1.95. The smallest absolute Gasteiger partial charge is 0.217 e. The number of terminal acetylenes is 1. The van der Waals surface area contributed by atoms with Gasteiger partial charge < -0.3 is 29.4 Å². The molecule has 1 fully saturated rings. The number of rotatable bonds is 10. The van der Waals surface area contributed by atoms with Crippen molar-refractivity contribution < 1.29 is 28.8 Å². The van der Waals surface area contributed by atoms with E-state index in [-0.39, 0.29) is 25.7 Å². The zero-order chi connectivity index (χ0) is 22.8. The minimum atomic E-state index is -1.08. The summed E-state index contributed by atoms with van der Waals surface area (Å²) in [6.07, 6.45) is 1.86. The molecule has 2 aromatic carbocycles. The monoisotopic (exact) mass is 439 g/mol. The molecule has 1 aliphatic rings. The number of aliphatic hydroxyl groups is 1. The Balaban J connectivity index is 1.71. The largest absolute Gasteiger partial charge is 0.388 e. The first kappa shape index (κ1) is 23.9. The van der Waals surface area contributed by atoms with Gasteiger partial charge in [0.2, 0.25) is 5.91 Å². The Morgan fingerprint density at radius 1 is 1.06 bits per heavy atom. The third-order valence-corrected chi connectivity index (χ3v) is 5.05. The van der Waals surface area contributed by atoms with Crippen molar-refractivity contribution in [1.29, 1.82) is 0 Å². The van der Waals surface area contributed by atoms with Crippen LogP contribution in [0.2, 0.25) is 0 Å². The molecule has 0 radical (unpaired) electrons. The van der Waals surface area contributed by atoms with Gasteiger partial charge in [-0.15, -0.1) is 6.42 Å². The van der Waals surface area contributed by atoms with E-state index >= 15 is 0 Å². The molecule has 2 N–H and O–H groups in total. The summed E-state index contributed by atoms with van der Waals surface area (Å²) in [4.78, 5) is 11.8. The van der Waals surface area contributed by atoms with Crippen LogP contribution in [0.4, 0.5) is 0 Å². The first-order chi connectivity index (χ1) is 15.6.